The Balaban J connectivity index is 2.36. The minimum atomic E-state index is -0.324. The Labute approximate surface area is 140 Å². The van der Waals surface area contributed by atoms with Gasteiger partial charge in [0.15, 0.2) is 0 Å². The highest BCUT2D eigenvalue weighted by Gasteiger charge is 2.20. The van der Waals surface area contributed by atoms with Gasteiger partial charge in [0.1, 0.15) is 0 Å². The van der Waals surface area contributed by atoms with Crippen LogP contribution in [0, 0.1) is 0 Å². The summed E-state index contributed by atoms with van der Waals surface area (Å²) < 4.78 is 1.89. The van der Waals surface area contributed by atoms with Crippen molar-refractivity contribution in [2.24, 2.45) is 5.73 Å². The zero-order chi connectivity index (χ0) is 15.6. The molecule has 1 heterocycles. The summed E-state index contributed by atoms with van der Waals surface area (Å²) in [5, 5.41) is 6.34. The van der Waals surface area contributed by atoms with Crippen LogP contribution >= 0.6 is 34.8 Å². The molecule has 0 aliphatic carbocycles. The predicted octanol–water partition coefficient (Wildman–Crippen LogP) is 4.67. The predicted molar refractivity (Wildman–Crippen MR) is 89.4 cm³/mol. The lowest BCUT2D eigenvalue weighted by Crippen LogP contribution is -2.17. The Hall–Kier alpha value is -0.740. The molecule has 2 N–H and O–H groups in total. The zero-order valence-electron chi connectivity index (χ0n) is 12.0. The highest BCUT2D eigenvalue weighted by atomic mass is 35.5. The van der Waals surface area contributed by atoms with Gasteiger partial charge in [-0.2, -0.15) is 5.10 Å². The molecule has 0 fully saturated rings. The summed E-state index contributed by atoms with van der Waals surface area (Å²) in [5.74, 6) is 0. The van der Waals surface area contributed by atoms with E-state index >= 15 is 0 Å². The molecule has 1 aromatic carbocycles. The molecule has 0 radical (unpaired) electrons. The Bertz CT molecular complexity index is 617. The van der Waals surface area contributed by atoms with Crippen LogP contribution in [-0.4, -0.2) is 9.78 Å². The average molecular weight is 347 g/mol. The van der Waals surface area contributed by atoms with Crippen LogP contribution in [0.2, 0.25) is 15.1 Å². The number of aromatic nitrogens is 2. The fourth-order valence-corrected chi connectivity index (χ4v) is 3.41. The second kappa shape index (κ2) is 7.01. The van der Waals surface area contributed by atoms with Crippen molar-refractivity contribution in [2.45, 2.75) is 39.3 Å². The smallest absolute Gasteiger partial charge is 0.0850 e. The lowest BCUT2D eigenvalue weighted by molar-refractivity contribution is 0.585. The summed E-state index contributed by atoms with van der Waals surface area (Å²) in [6, 6.07) is 5.06. The molecule has 21 heavy (non-hydrogen) atoms. The Kier molecular flexibility index (Phi) is 5.55. The van der Waals surface area contributed by atoms with Crippen molar-refractivity contribution in [1.82, 2.24) is 9.78 Å². The number of aryl methyl sites for hydroxylation is 2. The number of nitrogens with two attached hydrogens (primary N) is 1. The van der Waals surface area contributed by atoms with E-state index in [1.807, 2.05) is 18.5 Å². The van der Waals surface area contributed by atoms with Crippen LogP contribution in [0.4, 0.5) is 0 Å². The topological polar surface area (TPSA) is 43.8 Å². The Morgan fingerprint density at radius 1 is 1.19 bits per heavy atom. The molecule has 0 amide bonds. The first-order chi connectivity index (χ1) is 9.99. The zero-order valence-corrected chi connectivity index (χ0v) is 14.3. The SMILES string of the molecule is CCc1nn(CC)c(CC(N)c2c(Cl)cccc2Cl)c1Cl. The van der Waals surface area contributed by atoms with E-state index in [1.54, 1.807) is 18.2 Å². The van der Waals surface area contributed by atoms with Crippen molar-refractivity contribution in [3.63, 3.8) is 0 Å². The van der Waals surface area contributed by atoms with Gasteiger partial charge in [0.05, 0.1) is 16.4 Å². The molecular formula is C15H18Cl3N3. The minimum Gasteiger partial charge on any atom is -0.324 e. The fourth-order valence-electron chi connectivity index (χ4n) is 2.39. The molecule has 0 aliphatic rings. The van der Waals surface area contributed by atoms with Gasteiger partial charge in [0.25, 0.3) is 0 Å². The molecule has 3 nitrogen and oxygen atoms in total. The third-order valence-electron chi connectivity index (χ3n) is 3.48. The highest BCUT2D eigenvalue weighted by Crippen LogP contribution is 2.32. The van der Waals surface area contributed by atoms with E-state index in [-0.39, 0.29) is 6.04 Å². The number of rotatable bonds is 5. The van der Waals surface area contributed by atoms with Crippen molar-refractivity contribution in [2.75, 3.05) is 0 Å². The number of benzene rings is 1. The maximum atomic E-state index is 6.41. The van der Waals surface area contributed by atoms with Crippen LogP contribution in [-0.2, 0) is 19.4 Å². The van der Waals surface area contributed by atoms with E-state index in [0.29, 0.717) is 21.5 Å². The molecular weight excluding hydrogens is 329 g/mol. The van der Waals surface area contributed by atoms with Crippen molar-refractivity contribution in [1.29, 1.82) is 0 Å². The average Bonchev–Trinajstić information content (AvgIpc) is 2.75. The molecule has 2 aromatic rings. The number of nitrogens with zero attached hydrogens (tertiary/aromatic N) is 2. The van der Waals surface area contributed by atoms with Gasteiger partial charge in [0, 0.05) is 34.6 Å². The second-order valence-corrected chi connectivity index (χ2v) is 6.02. The van der Waals surface area contributed by atoms with Crippen LogP contribution in [0.25, 0.3) is 0 Å². The lowest BCUT2D eigenvalue weighted by atomic mass is 10.0. The lowest BCUT2D eigenvalue weighted by Gasteiger charge is -2.16. The second-order valence-electron chi connectivity index (χ2n) is 4.82. The van der Waals surface area contributed by atoms with E-state index in [2.05, 4.69) is 5.10 Å². The van der Waals surface area contributed by atoms with E-state index < -0.39 is 0 Å². The van der Waals surface area contributed by atoms with Crippen molar-refractivity contribution < 1.29 is 0 Å². The van der Waals surface area contributed by atoms with Gasteiger partial charge >= 0.3 is 0 Å². The van der Waals surface area contributed by atoms with Gasteiger partial charge < -0.3 is 5.73 Å². The van der Waals surface area contributed by atoms with Gasteiger partial charge in [-0.1, -0.05) is 47.8 Å². The van der Waals surface area contributed by atoms with Crippen molar-refractivity contribution >= 4 is 34.8 Å². The maximum absolute atomic E-state index is 6.41. The normalized spacial score (nSPS) is 12.7. The van der Waals surface area contributed by atoms with Crippen molar-refractivity contribution in [3.05, 3.63) is 50.2 Å². The summed E-state index contributed by atoms with van der Waals surface area (Å²) in [5.41, 5.74) is 8.88. The molecule has 1 unspecified atom stereocenters. The molecule has 0 aliphatic heterocycles. The van der Waals surface area contributed by atoms with Gasteiger partial charge in [-0.15, -0.1) is 0 Å². The van der Waals surface area contributed by atoms with Gasteiger partial charge in [-0.25, -0.2) is 0 Å². The summed E-state index contributed by atoms with van der Waals surface area (Å²) in [6.45, 7) is 4.81. The van der Waals surface area contributed by atoms with Gasteiger partial charge in [-0.3, -0.25) is 4.68 Å². The molecule has 0 bridgehead atoms. The largest absolute Gasteiger partial charge is 0.324 e. The fraction of sp³-hybridized carbons (Fsp3) is 0.400. The summed E-state index contributed by atoms with van der Waals surface area (Å²) in [6.07, 6.45) is 1.34. The summed E-state index contributed by atoms with van der Waals surface area (Å²) in [4.78, 5) is 0. The number of hydrogen-bond donors (Lipinski definition) is 1. The van der Waals surface area contributed by atoms with Crippen LogP contribution in [0.3, 0.4) is 0 Å². The first-order valence-electron chi connectivity index (χ1n) is 6.93. The molecule has 0 spiro atoms. The molecule has 114 valence electrons. The van der Waals surface area contributed by atoms with Gasteiger partial charge in [-0.05, 0) is 25.5 Å². The minimum absolute atomic E-state index is 0.324. The van der Waals surface area contributed by atoms with Crippen LogP contribution in [0.5, 0.6) is 0 Å². The monoisotopic (exact) mass is 345 g/mol. The van der Waals surface area contributed by atoms with E-state index in [0.717, 1.165) is 29.9 Å². The summed E-state index contributed by atoms with van der Waals surface area (Å²) >= 11 is 18.8. The number of hydrogen-bond acceptors (Lipinski definition) is 2. The number of halogens is 3. The first kappa shape index (κ1) is 16.6. The third-order valence-corrected chi connectivity index (χ3v) is 4.57. The van der Waals surface area contributed by atoms with E-state index in [1.165, 1.54) is 0 Å². The van der Waals surface area contributed by atoms with E-state index in [4.69, 9.17) is 40.5 Å². The summed E-state index contributed by atoms with van der Waals surface area (Å²) in [7, 11) is 0. The molecule has 1 atom stereocenters. The molecule has 6 heteroatoms. The Morgan fingerprint density at radius 2 is 1.81 bits per heavy atom. The third kappa shape index (κ3) is 3.37. The quantitative estimate of drug-likeness (QED) is 0.855. The first-order valence-corrected chi connectivity index (χ1v) is 8.06. The van der Waals surface area contributed by atoms with Crippen LogP contribution < -0.4 is 5.73 Å². The Morgan fingerprint density at radius 3 is 2.33 bits per heavy atom. The molecule has 2 rings (SSSR count). The maximum Gasteiger partial charge on any atom is 0.0850 e. The van der Waals surface area contributed by atoms with Crippen LogP contribution in [0.15, 0.2) is 18.2 Å². The van der Waals surface area contributed by atoms with Crippen molar-refractivity contribution in [3.8, 4) is 0 Å². The standard InChI is InChI=1S/C15H18Cl3N3/c1-3-12-15(18)13(21(4-2)20-12)8-11(19)14-9(16)6-5-7-10(14)17/h5-7,11H,3-4,8,19H2,1-2H3. The molecule has 0 saturated heterocycles. The molecule has 0 saturated carbocycles. The van der Waals surface area contributed by atoms with E-state index in [9.17, 15) is 0 Å². The van der Waals surface area contributed by atoms with Gasteiger partial charge in [0.2, 0.25) is 0 Å². The molecule has 1 aromatic heterocycles. The highest BCUT2D eigenvalue weighted by molar-refractivity contribution is 6.36. The van der Waals surface area contributed by atoms with Crippen LogP contribution in [0.1, 0.15) is 36.8 Å².